The van der Waals surface area contributed by atoms with Crippen molar-refractivity contribution in [3.63, 3.8) is 0 Å². The molecule has 0 unspecified atom stereocenters. The number of nitrogens with one attached hydrogen (secondary N) is 3. The van der Waals surface area contributed by atoms with Crippen LogP contribution in [0.5, 0.6) is 0 Å². The fourth-order valence-corrected chi connectivity index (χ4v) is 2.83. The van der Waals surface area contributed by atoms with Crippen molar-refractivity contribution in [3.8, 4) is 0 Å². The van der Waals surface area contributed by atoms with Gasteiger partial charge in [0, 0.05) is 39.2 Å². The normalized spacial score (nSPS) is 10.2. The van der Waals surface area contributed by atoms with Crippen molar-refractivity contribution in [3.05, 3.63) is 62.6 Å². The highest BCUT2D eigenvalue weighted by Gasteiger charge is 2.12. The van der Waals surface area contributed by atoms with E-state index in [0.29, 0.717) is 20.8 Å². The van der Waals surface area contributed by atoms with E-state index >= 15 is 0 Å². The molecule has 0 aliphatic heterocycles. The first-order chi connectivity index (χ1) is 12.8. The molecule has 0 aromatic heterocycles. The fourth-order valence-electron chi connectivity index (χ4n) is 2.13. The minimum absolute atomic E-state index is 0.0589. The molecule has 2 aromatic carbocycles. The number of rotatable bonds is 5. The van der Waals surface area contributed by atoms with Gasteiger partial charge in [0.25, 0.3) is 5.91 Å². The van der Waals surface area contributed by atoms with Gasteiger partial charge in [0.2, 0.25) is 11.8 Å². The molecule has 6 nitrogen and oxygen atoms in total. The SMILES string of the molecule is Cc1c(Cl)cccc1NC(=O)CCC(=O)NNC(=O)c1cc(Cl)cc(Cl)c1. The van der Waals surface area contributed by atoms with E-state index in [-0.39, 0.29) is 24.3 Å². The zero-order valence-electron chi connectivity index (χ0n) is 14.2. The Balaban J connectivity index is 1.79. The number of carbonyl (C=O) groups excluding carboxylic acids is 3. The topological polar surface area (TPSA) is 87.3 Å². The molecule has 142 valence electrons. The van der Waals surface area contributed by atoms with Crippen LogP contribution in [0.1, 0.15) is 28.8 Å². The second kappa shape index (κ2) is 9.60. The van der Waals surface area contributed by atoms with Crippen molar-refractivity contribution in [1.82, 2.24) is 10.9 Å². The van der Waals surface area contributed by atoms with Crippen LogP contribution in [0.3, 0.4) is 0 Å². The summed E-state index contributed by atoms with van der Waals surface area (Å²) in [7, 11) is 0. The first-order valence-corrected chi connectivity index (χ1v) is 9.00. The number of hydrazine groups is 1. The van der Waals surface area contributed by atoms with E-state index in [9.17, 15) is 14.4 Å². The highest BCUT2D eigenvalue weighted by Crippen LogP contribution is 2.23. The Morgan fingerprint density at radius 1 is 0.889 bits per heavy atom. The Morgan fingerprint density at radius 2 is 1.52 bits per heavy atom. The lowest BCUT2D eigenvalue weighted by molar-refractivity contribution is -0.124. The first kappa shape index (κ1) is 21.0. The van der Waals surface area contributed by atoms with E-state index in [0.717, 1.165) is 5.56 Å². The summed E-state index contributed by atoms with van der Waals surface area (Å²) in [5.74, 6) is -1.44. The molecule has 3 amide bonds. The molecule has 0 fully saturated rings. The van der Waals surface area contributed by atoms with E-state index in [1.807, 2.05) is 0 Å². The molecule has 0 aliphatic rings. The monoisotopic (exact) mass is 427 g/mol. The number of hydrogen-bond acceptors (Lipinski definition) is 3. The van der Waals surface area contributed by atoms with Crippen LogP contribution >= 0.6 is 34.8 Å². The predicted molar refractivity (Wildman–Crippen MR) is 106 cm³/mol. The Labute approximate surface area is 171 Å². The van der Waals surface area contributed by atoms with Crippen LogP contribution < -0.4 is 16.2 Å². The predicted octanol–water partition coefficient (Wildman–Crippen LogP) is 4.14. The number of carbonyl (C=O) groups is 3. The van der Waals surface area contributed by atoms with Crippen molar-refractivity contribution in [2.45, 2.75) is 19.8 Å². The van der Waals surface area contributed by atoms with Gasteiger partial charge in [-0.05, 0) is 42.8 Å². The van der Waals surface area contributed by atoms with Crippen molar-refractivity contribution in [1.29, 1.82) is 0 Å². The van der Waals surface area contributed by atoms with Crippen molar-refractivity contribution in [2.24, 2.45) is 0 Å². The van der Waals surface area contributed by atoms with Gasteiger partial charge in [-0.3, -0.25) is 25.2 Å². The molecule has 0 atom stereocenters. The van der Waals surface area contributed by atoms with Crippen LogP contribution in [0.2, 0.25) is 15.1 Å². The Kier molecular flexibility index (Phi) is 7.47. The summed E-state index contributed by atoms with van der Waals surface area (Å²) < 4.78 is 0. The maximum absolute atomic E-state index is 12.0. The molecule has 0 spiro atoms. The van der Waals surface area contributed by atoms with Gasteiger partial charge in [-0.15, -0.1) is 0 Å². The summed E-state index contributed by atoms with van der Waals surface area (Å²) >= 11 is 17.6. The summed E-state index contributed by atoms with van der Waals surface area (Å²) in [5.41, 5.74) is 5.99. The second-order valence-electron chi connectivity index (χ2n) is 5.62. The molecule has 9 heteroatoms. The minimum Gasteiger partial charge on any atom is -0.326 e. The number of halogens is 3. The average Bonchev–Trinajstić information content (AvgIpc) is 2.61. The molecule has 0 saturated carbocycles. The van der Waals surface area contributed by atoms with Gasteiger partial charge in [0.1, 0.15) is 0 Å². The maximum atomic E-state index is 12.0. The van der Waals surface area contributed by atoms with Crippen molar-refractivity contribution < 1.29 is 14.4 Å². The van der Waals surface area contributed by atoms with E-state index < -0.39 is 11.8 Å². The van der Waals surface area contributed by atoms with Gasteiger partial charge in [-0.25, -0.2) is 0 Å². The molecule has 2 rings (SSSR count). The quantitative estimate of drug-likeness (QED) is 0.626. The Morgan fingerprint density at radius 3 is 2.19 bits per heavy atom. The van der Waals surface area contributed by atoms with Crippen molar-refractivity contribution in [2.75, 3.05) is 5.32 Å². The third kappa shape index (κ3) is 6.43. The number of hydrogen-bond donors (Lipinski definition) is 3. The van der Waals surface area contributed by atoms with E-state index in [1.54, 1.807) is 25.1 Å². The zero-order chi connectivity index (χ0) is 20.0. The largest absolute Gasteiger partial charge is 0.326 e. The Hall–Kier alpha value is -2.28. The summed E-state index contributed by atoms with van der Waals surface area (Å²) in [6, 6.07) is 9.46. The lowest BCUT2D eigenvalue weighted by Gasteiger charge is -2.10. The molecule has 0 heterocycles. The number of anilines is 1. The first-order valence-electron chi connectivity index (χ1n) is 7.86. The van der Waals surface area contributed by atoms with Gasteiger partial charge in [0.05, 0.1) is 0 Å². The van der Waals surface area contributed by atoms with E-state index in [1.165, 1.54) is 18.2 Å². The van der Waals surface area contributed by atoms with Crippen LogP contribution in [0.15, 0.2) is 36.4 Å². The third-order valence-electron chi connectivity index (χ3n) is 3.56. The molecule has 0 radical (unpaired) electrons. The van der Waals surface area contributed by atoms with Gasteiger partial charge >= 0.3 is 0 Å². The van der Waals surface area contributed by atoms with Crippen LogP contribution in [-0.2, 0) is 9.59 Å². The number of benzene rings is 2. The Bertz CT molecular complexity index is 867. The zero-order valence-corrected chi connectivity index (χ0v) is 16.5. The van der Waals surface area contributed by atoms with Crippen LogP contribution in [0.25, 0.3) is 0 Å². The standard InChI is InChI=1S/C18H16Cl3N3O3/c1-10-14(21)3-2-4-15(10)22-16(25)5-6-17(26)23-24-18(27)11-7-12(19)9-13(20)8-11/h2-4,7-9H,5-6H2,1H3,(H,22,25)(H,23,26)(H,24,27). The fraction of sp³-hybridized carbons (Fsp3) is 0.167. The van der Waals surface area contributed by atoms with E-state index in [2.05, 4.69) is 16.2 Å². The van der Waals surface area contributed by atoms with Crippen LogP contribution in [0, 0.1) is 6.92 Å². The van der Waals surface area contributed by atoms with Gasteiger partial charge < -0.3 is 5.32 Å². The summed E-state index contributed by atoms with van der Waals surface area (Å²) in [6.07, 6.45) is -0.168. The summed E-state index contributed by atoms with van der Waals surface area (Å²) in [4.78, 5) is 35.7. The smallest absolute Gasteiger partial charge is 0.269 e. The summed E-state index contributed by atoms with van der Waals surface area (Å²) in [5, 5.41) is 3.82. The lowest BCUT2D eigenvalue weighted by atomic mass is 10.2. The van der Waals surface area contributed by atoms with Crippen molar-refractivity contribution >= 4 is 58.2 Å². The maximum Gasteiger partial charge on any atom is 0.269 e. The average molecular weight is 429 g/mol. The highest BCUT2D eigenvalue weighted by molar-refractivity contribution is 6.35. The minimum atomic E-state index is -0.577. The molecule has 27 heavy (non-hydrogen) atoms. The second-order valence-corrected chi connectivity index (χ2v) is 6.90. The molecule has 0 aliphatic carbocycles. The lowest BCUT2D eigenvalue weighted by Crippen LogP contribution is -2.41. The van der Waals surface area contributed by atoms with E-state index in [4.69, 9.17) is 34.8 Å². The van der Waals surface area contributed by atoms with Gasteiger partial charge in [0.15, 0.2) is 0 Å². The molecule has 0 bridgehead atoms. The molecule has 0 saturated heterocycles. The molecule has 2 aromatic rings. The molecular formula is C18H16Cl3N3O3. The summed E-state index contributed by atoms with van der Waals surface area (Å²) in [6.45, 7) is 1.78. The third-order valence-corrected chi connectivity index (χ3v) is 4.41. The molecule has 3 N–H and O–H groups in total. The van der Waals surface area contributed by atoms with Crippen LogP contribution in [-0.4, -0.2) is 17.7 Å². The molecular weight excluding hydrogens is 413 g/mol. The number of amides is 3. The van der Waals surface area contributed by atoms with Gasteiger partial charge in [-0.1, -0.05) is 40.9 Å². The highest BCUT2D eigenvalue weighted by atomic mass is 35.5. The van der Waals surface area contributed by atoms with Gasteiger partial charge in [-0.2, -0.15) is 0 Å². The van der Waals surface area contributed by atoms with Crippen LogP contribution in [0.4, 0.5) is 5.69 Å².